The summed E-state index contributed by atoms with van der Waals surface area (Å²) in [6.07, 6.45) is 0.978. The topological polar surface area (TPSA) is 117 Å². The van der Waals surface area contributed by atoms with Crippen molar-refractivity contribution in [3.05, 3.63) is 58.1 Å². The van der Waals surface area contributed by atoms with Gasteiger partial charge in [0.15, 0.2) is 0 Å². The van der Waals surface area contributed by atoms with Crippen molar-refractivity contribution in [1.29, 1.82) is 0 Å². The van der Waals surface area contributed by atoms with Crippen LogP contribution in [0, 0.1) is 11.7 Å². The highest BCUT2D eigenvalue weighted by Gasteiger charge is 2.18. The van der Waals surface area contributed by atoms with Gasteiger partial charge in [0.25, 0.3) is 11.5 Å². The number of amides is 1. The van der Waals surface area contributed by atoms with Gasteiger partial charge >= 0.3 is 0 Å². The van der Waals surface area contributed by atoms with E-state index in [2.05, 4.69) is 34.1 Å². The van der Waals surface area contributed by atoms with Crippen LogP contribution in [-0.2, 0) is 0 Å². The number of carbonyl (C=O) groups is 1. The van der Waals surface area contributed by atoms with Crippen LogP contribution < -0.4 is 16.6 Å². The van der Waals surface area contributed by atoms with Crippen molar-refractivity contribution < 1.29 is 9.18 Å². The number of hydrogen-bond donors (Lipinski definition) is 4. The highest BCUT2D eigenvalue weighted by molar-refractivity contribution is 6.00. The molecule has 1 unspecified atom stereocenters. The van der Waals surface area contributed by atoms with Crippen molar-refractivity contribution in [2.24, 2.45) is 5.92 Å². The summed E-state index contributed by atoms with van der Waals surface area (Å²) in [6.45, 7) is 4.73. The Morgan fingerprint density at radius 3 is 2.80 bits per heavy atom. The molecule has 0 radical (unpaired) electrons. The zero-order chi connectivity index (χ0) is 21.4. The molecule has 0 fully saturated rings. The van der Waals surface area contributed by atoms with Crippen molar-refractivity contribution >= 4 is 33.5 Å². The molecule has 0 aliphatic carbocycles. The maximum absolute atomic E-state index is 14.3. The maximum atomic E-state index is 14.3. The first-order valence-electron chi connectivity index (χ1n) is 9.77. The van der Waals surface area contributed by atoms with Crippen LogP contribution >= 0.6 is 0 Å². The first-order chi connectivity index (χ1) is 14.4. The fourth-order valence-electron chi connectivity index (χ4n) is 3.35. The number of anilines is 1. The second-order valence-electron chi connectivity index (χ2n) is 7.45. The molecule has 2 aromatic heterocycles. The molecule has 1 amide bonds. The van der Waals surface area contributed by atoms with Crippen LogP contribution in [-0.4, -0.2) is 27.4 Å². The van der Waals surface area contributed by atoms with Crippen molar-refractivity contribution in [2.45, 2.75) is 20.3 Å². The van der Waals surface area contributed by atoms with Crippen LogP contribution in [0.25, 0.3) is 33.3 Å². The monoisotopic (exact) mass is 407 g/mol. The van der Waals surface area contributed by atoms with Crippen LogP contribution in [0.4, 0.5) is 10.1 Å². The Morgan fingerprint density at radius 1 is 1.23 bits per heavy atom. The number of hydrogen-bond acceptors (Lipinski definition) is 4. The zero-order valence-electron chi connectivity index (χ0n) is 16.7. The summed E-state index contributed by atoms with van der Waals surface area (Å²) in [5.74, 6) is -0.108. The quantitative estimate of drug-likeness (QED) is 0.405. The Labute approximate surface area is 171 Å². The van der Waals surface area contributed by atoms with Gasteiger partial charge in [-0.3, -0.25) is 9.59 Å². The summed E-state index contributed by atoms with van der Waals surface area (Å²) in [7, 11) is 0. The van der Waals surface area contributed by atoms with E-state index in [1.54, 1.807) is 24.3 Å². The van der Waals surface area contributed by atoms with Crippen LogP contribution in [0.1, 0.15) is 30.6 Å². The SMILES string of the molecule is CCC(C)CNC(=O)c1ccc2nc(-c3c(N)c4c(F)cccc4[nH]c3=O)[nH]c2c1. The number of aromatic nitrogens is 3. The number of H-pyrrole nitrogens is 2. The van der Waals surface area contributed by atoms with Crippen molar-refractivity contribution in [2.75, 3.05) is 12.3 Å². The van der Waals surface area contributed by atoms with Gasteiger partial charge in [-0.2, -0.15) is 0 Å². The molecule has 0 saturated carbocycles. The Morgan fingerprint density at radius 2 is 2.03 bits per heavy atom. The molecule has 0 saturated heterocycles. The number of halogens is 1. The van der Waals surface area contributed by atoms with E-state index < -0.39 is 11.4 Å². The van der Waals surface area contributed by atoms with Gasteiger partial charge < -0.3 is 21.0 Å². The summed E-state index contributed by atoms with van der Waals surface area (Å²) >= 11 is 0. The highest BCUT2D eigenvalue weighted by atomic mass is 19.1. The molecule has 7 nitrogen and oxygen atoms in total. The molecule has 2 aromatic carbocycles. The van der Waals surface area contributed by atoms with Gasteiger partial charge in [0, 0.05) is 12.1 Å². The largest absolute Gasteiger partial charge is 0.397 e. The molecule has 4 rings (SSSR count). The molecule has 5 N–H and O–H groups in total. The van der Waals surface area contributed by atoms with E-state index in [4.69, 9.17) is 5.73 Å². The van der Waals surface area contributed by atoms with Crippen LogP contribution in [0.3, 0.4) is 0 Å². The fraction of sp³-hybridized carbons (Fsp3) is 0.227. The average molecular weight is 407 g/mol. The van der Waals surface area contributed by atoms with Gasteiger partial charge in [-0.05, 0) is 36.2 Å². The minimum Gasteiger partial charge on any atom is -0.397 e. The number of nitrogen functional groups attached to an aromatic ring is 1. The normalized spacial score (nSPS) is 12.4. The first kappa shape index (κ1) is 19.6. The molecule has 30 heavy (non-hydrogen) atoms. The Bertz CT molecular complexity index is 1320. The lowest BCUT2D eigenvalue weighted by Gasteiger charge is -2.10. The van der Waals surface area contributed by atoms with E-state index in [0.29, 0.717) is 34.6 Å². The molecular weight excluding hydrogens is 385 g/mol. The molecule has 4 aromatic rings. The smallest absolute Gasteiger partial charge is 0.261 e. The van der Waals surface area contributed by atoms with Crippen molar-refractivity contribution in [1.82, 2.24) is 20.3 Å². The highest BCUT2D eigenvalue weighted by Crippen LogP contribution is 2.29. The number of imidazole rings is 1. The molecular formula is C22H22FN5O2. The second kappa shape index (κ2) is 7.62. The van der Waals surface area contributed by atoms with E-state index >= 15 is 0 Å². The molecule has 0 spiro atoms. The molecule has 1 atom stereocenters. The molecule has 0 bridgehead atoms. The Hall–Kier alpha value is -3.68. The summed E-state index contributed by atoms with van der Waals surface area (Å²) in [5, 5.41) is 3.04. The molecule has 154 valence electrons. The summed E-state index contributed by atoms with van der Waals surface area (Å²) in [6, 6.07) is 9.41. The number of rotatable bonds is 5. The third kappa shape index (κ3) is 3.41. The number of nitrogens with one attached hydrogen (secondary N) is 3. The number of carbonyl (C=O) groups excluding carboxylic acids is 1. The lowest BCUT2D eigenvalue weighted by Crippen LogP contribution is -2.27. The van der Waals surface area contributed by atoms with Crippen LogP contribution in [0.15, 0.2) is 41.2 Å². The van der Waals surface area contributed by atoms with Crippen molar-refractivity contribution in [3.8, 4) is 11.4 Å². The average Bonchev–Trinajstić information content (AvgIpc) is 3.14. The minimum atomic E-state index is -0.529. The molecule has 2 heterocycles. The van der Waals surface area contributed by atoms with Gasteiger partial charge in [-0.15, -0.1) is 0 Å². The van der Waals surface area contributed by atoms with E-state index in [1.165, 1.54) is 12.1 Å². The predicted molar refractivity (Wildman–Crippen MR) is 116 cm³/mol. The summed E-state index contributed by atoms with van der Waals surface area (Å²) < 4.78 is 14.3. The number of benzene rings is 2. The third-order valence-electron chi connectivity index (χ3n) is 5.32. The standard InChI is InChI=1S/C22H22FN5O2/c1-3-11(2)10-25-21(29)12-7-8-14-16(9-12)27-20(26-14)18-19(24)17-13(23)5-4-6-15(17)28-22(18)30/h4-9,11H,3,10H2,1-2H3,(H,25,29)(H,26,27)(H3,24,28,30). The van der Waals surface area contributed by atoms with E-state index in [9.17, 15) is 14.0 Å². The first-order valence-corrected chi connectivity index (χ1v) is 9.77. The van der Waals surface area contributed by atoms with Gasteiger partial charge in [0.05, 0.1) is 27.6 Å². The molecule has 0 aliphatic rings. The molecule has 8 heteroatoms. The van der Waals surface area contributed by atoms with Crippen LogP contribution in [0.2, 0.25) is 0 Å². The van der Waals surface area contributed by atoms with Gasteiger partial charge in [-0.25, -0.2) is 9.37 Å². The number of aromatic amines is 2. The van der Waals surface area contributed by atoms with Gasteiger partial charge in [0.1, 0.15) is 17.2 Å². The zero-order valence-corrected chi connectivity index (χ0v) is 16.7. The lowest BCUT2D eigenvalue weighted by molar-refractivity contribution is 0.0948. The second-order valence-corrected chi connectivity index (χ2v) is 7.45. The summed E-state index contributed by atoms with van der Waals surface area (Å²) in [5.41, 5.74) is 7.69. The Balaban J connectivity index is 1.75. The number of nitrogens with two attached hydrogens (primary N) is 1. The molecule has 0 aliphatic heterocycles. The predicted octanol–water partition coefficient (Wildman–Crippen LogP) is 3.57. The lowest BCUT2D eigenvalue weighted by atomic mass is 10.1. The fourth-order valence-corrected chi connectivity index (χ4v) is 3.35. The summed E-state index contributed by atoms with van der Waals surface area (Å²) in [4.78, 5) is 35.1. The number of nitrogens with zero attached hydrogens (tertiary/aromatic N) is 1. The number of fused-ring (bicyclic) bond motifs is 2. The number of pyridine rings is 1. The minimum absolute atomic E-state index is 0.0115. The van der Waals surface area contributed by atoms with E-state index in [-0.39, 0.29) is 28.4 Å². The van der Waals surface area contributed by atoms with Crippen LogP contribution in [0.5, 0.6) is 0 Å². The third-order valence-corrected chi connectivity index (χ3v) is 5.32. The van der Waals surface area contributed by atoms with E-state index in [1.807, 2.05) is 0 Å². The van der Waals surface area contributed by atoms with Crippen molar-refractivity contribution in [3.63, 3.8) is 0 Å². The maximum Gasteiger partial charge on any atom is 0.261 e. The van der Waals surface area contributed by atoms with E-state index in [0.717, 1.165) is 6.42 Å². The van der Waals surface area contributed by atoms with Gasteiger partial charge in [0.2, 0.25) is 0 Å². The van der Waals surface area contributed by atoms with Gasteiger partial charge in [-0.1, -0.05) is 26.3 Å². The Kier molecular flexibility index (Phi) is 4.99.